The molecule has 25 heavy (non-hydrogen) atoms. The summed E-state index contributed by atoms with van der Waals surface area (Å²) in [4.78, 5) is 14.4. The molecule has 1 aliphatic rings. The van der Waals surface area contributed by atoms with Crippen LogP contribution in [0.25, 0.3) is 0 Å². The van der Waals surface area contributed by atoms with Gasteiger partial charge in [-0.15, -0.1) is 10.2 Å². The van der Waals surface area contributed by atoms with Crippen LogP contribution >= 0.6 is 0 Å². The molecular weight excluding hydrogens is 312 g/mol. The standard InChI is InChI=1S/C20H26N4O/c25-20(21-14-8-11-17-9-4-3-5-10-17)18-12-13-19(23-22-18)24-15-6-1-2-7-16-24/h3-5,9-10,12-13H,1-2,6-8,11,14-16H2,(H,21,25). The van der Waals surface area contributed by atoms with Crippen molar-refractivity contribution in [1.29, 1.82) is 0 Å². The zero-order valence-corrected chi connectivity index (χ0v) is 14.7. The molecule has 0 spiro atoms. The predicted octanol–water partition coefficient (Wildman–Crippen LogP) is 3.22. The molecule has 1 fully saturated rings. The van der Waals surface area contributed by atoms with E-state index in [1.165, 1.54) is 31.2 Å². The molecule has 0 unspecified atom stereocenters. The van der Waals surface area contributed by atoms with Gasteiger partial charge in [-0.3, -0.25) is 4.79 Å². The molecular formula is C20H26N4O. The Hall–Kier alpha value is -2.43. The summed E-state index contributed by atoms with van der Waals surface area (Å²) in [5.74, 6) is 0.727. The van der Waals surface area contributed by atoms with E-state index in [9.17, 15) is 4.79 Å². The van der Waals surface area contributed by atoms with Gasteiger partial charge in [-0.05, 0) is 43.4 Å². The third-order valence-electron chi connectivity index (χ3n) is 4.58. The number of hydrogen-bond acceptors (Lipinski definition) is 4. The van der Waals surface area contributed by atoms with E-state index in [1.54, 1.807) is 6.07 Å². The summed E-state index contributed by atoms with van der Waals surface area (Å²) in [5.41, 5.74) is 1.68. The molecule has 1 N–H and O–H groups in total. The number of hydrogen-bond donors (Lipinski definition) is 1. The number of carbonyl (C=O) groups is 1. The van der Waals surface area contributed by atoms with E-state index < -0.39 is 0 Å². The van der Waals surface area contributed by atoms with Gasteiger partial charge >= 0.3 is 0 Å². The summed E-state index contributed by atoms with van der Waals surface area (Å²) in [6, 6.07) is 14.0. The lowest BCUT2D eigenvalue weighted by molar-refractivity contribution is 0.0947. The summed E-state index contributed by atoms with van der Waals surface area (Å²) in [6.45, 7) is 2.70. The molecule has 132 valence electrons. The Bertz CT molecular complexity index is 649. The Morgan fingerprint density at radius 3 is 2.40 bits per heavy atom. The maximum Gasteiger partial charge on any atom is 0.271 e. The largest absolute Gasteiger partial charge is 0.355 e. The van der Waals surface area contributed by atoms with Crippen molar-refractivity contribution < 1.29 is 4.79 Å². The second-order valence-electron chi connectivity index (χ2n) is 6.52. The van der Waals surface area contributed by atoms with Crippen molar-refractivity contribution in [3.63, 3.8) is 0 Å². The van der Waals surface area contributed by atoms with Crippen molar-refractivity contribution in [2.45, 2.75) is 38.5 Å². The normalized spacial score (nSPS) is 14.8. The molecule has 1 aliphatic heterocycles. The van der Waals surface area contributed by atoms with Gasteiger partial charge < -0.3 is 10.2 Å². The van der Waals surface area contributed by atoms with Crippen molar-refractivity contribution in [2.75, 3.05) is 24.5 Å². The summed E-state index contributed by atoms with van der Waals surface area (Å²) in [5, 5.41) is 11.3. The van der Waals surface area contributed by atoms with Crippen LogP contribution in [0.5, 0.6) is 0 Å². The summed E-state index contributed by atoms with van der Waals surface area (Å²) >= 11 is 0. The van der Waals surface area contributed by atoms with E-state index in [-0.39, 0.29) is 5.91 Å². The van der Waals surface area contributed by atoms with E-state index in [4.69, 9.17) is 0 Å². The van der Waals surface area contributed by atoms with Crippen LogP contribution in [0.2, 0.25) is 0 Å². The second kappa shape index (κ2) is 9.16. The van der Waals surface area contributed by atoms with Crippen molar-refractivity contribution in [3.8, 4) is 0 Å². The van der Waals surface area contributed by atoms with Gasteiger partial charge in [-0.1, -0.05) is 43.2 Å². The summed E-state index contributed by atoms with van der Waals surface area (Å²) < 4.78 is 0. The van der Waals surface area contributed by atoms with Gasteiger partial charge in [0, 0.05) is 19.6 Å². The molecule has 3 rings (SSSR count). The molecule has 0 atom stereocenters. The average Bonchev–Trinajstić information content (AvgIpc) is 2.95. The Balaban J connectivity index is 1.45. The lowest BCUT2D eigenvalue weighted by atomic mass is 10.1. The number of nitrogens with zero attached hydrogens (tertiary/aromatic N) is 3. The van der Waals surface area contributed by atoms with Gasteiger partial charge in [0.2, 0.25) is 0 Å². The quantitative estimate of drug-likeness (QED) is 0.822. The van der Waals surface area contributed by atoms with E-state index in [0.29, 0.717) is 12.2 Å². The van der Waals surface area contributed by atoms with E-state index in [1.807, 2.05) is 24.3 Å². The molecule has 5 heteroatoms. The van der Waals surface area contributed by atoms with Crippen molar-refractivity contribution in [2.24, 2.45) is 0 Å². The minimum Gasteiger partial charge on any atom is -0.355 e. The van der Waals surface area contributed by atoms with Crippen LogP contribution in [-0.4, -0.2) is 35.7 Å². The molecule has 1 aromatic heterocycles. The highest BCUT2D eigenvalue weighted by atomic mass is 16.1. The second-order valence-corrected chi connectivity index (χ2v) is 6.52. The Morgan fingerprint density at radius 1 is 0.960 bits per heavy atom. The fraction of sp³-hybridized carbons (Fsp3) is 0.450. The van der Waals surface area contributed by atoms with Crippen LogP contribution in [0.1, 0.15) is 48.2 Å². The van der Waals surface area contributed by atoms with Crippen LogP contribution in [0.4, 0.5) is 5.82 Å². The van der Waals surface area contributed by atoms with Gasteiger partial charge in [0.1, 0.15) is 0 Å². The first-order valence-electron chi connectivity index (χ1n) is 9.24. The number of rotatable bonds is 6. The summed E-state index contributed by atoms with van der Waals surface area (Å²) in [7, 11) is 0. The number of benzene rings is 1. The SMILES string of the molecule is O=C(NCCCc1ccccc1)c1ccc(N2CCCCCC2)nn1. The highest BCUT2D eigenvalue weighted by Gasteiger charge is 2.13. The van der Waals surface area contributed by atoms with Crippen molar-refractivity contribution in [3.05, 3.63) is 53.7 Å². The van der Waals surface area contributed by atoms with Crippen molar-refractivity contribution >= 4 is 11.7 Å². The molecule has 0 radical (unpaired) electrons. The Kier molecular flexibility index (Phi) is 6.37. The number of amides is 1. The minimum atomic E-state index is -0.150. The molecule has 0 bridgehead atoms. The van der Waals surface area contributed by atoms with Crippen LogP contribution in [0, 0.1) is 0 Å². The lowest BCUT2D eigenvalue weighted by Crippen LogP contribution is -2.28. The molecule has 1 saturated heterocycles. The molecule has 0 saturated carbocycles. The van der Waals surface area contributed by atoms with Crippen LogP contribution in [0.3, 0.4) is 0 Å². The molecule has 2 heterocycles. The number of nitrogens with one attached hydrogen (secondary N) is 1. The maximum absolute atomic E-state index is 12.2. The highest BCUT2D eigenvalue weighted by Crippen LogP contribution is 2.16. The summed E-state index contributed by atoms with van der Waals surface area (Å²) in [6.07, 6.45) is 6.84. The van der Waals surface area contributed by atoms with E-state index >= 15 is 0 Å². The number of carbonyl (C=O) groups excluding carboxylic acids is 1. The van der Waals surface area contributed by atoms with Gasteiger partial charge in [-0.2, -0.15) is 0 Å². The maximum atomic E-state index is 12.2. The first-order valence-corrected chi connectivity index (χ1v) is 9.24. The topological polar surface area (TPSA) is 58.1 Å². The zero-order valence-electron chi connectivity index (χ0n) is 14.7. The number of aromatic nitrogens is 2. The molecule has 5 nitrogen and oxygen atoms in total. The van der Waals surface area contributed by atoms with Crippen molar-refractivity contribution in [1.82, 2.24) is 15.5 Å². The highest BCUT2D eigenvalue weighted by molar-refractivity contribution is 5.92. The molecule has 2 aromatic rings. The third-order valence-corrected chi connectivity index (χ3v) is 4.58. The van der Waals surface area contributed by atoms with Gasteiger partial charge in [0.15, 0.2) is 11.5 Å². The van der Waals surface area contributed by atoms with Crippen LogP contribution in [0.15, 0.2) is 42.5 Å². The Morgan fingerprint density at radius 2 is 1.72 bits per heavy atom. The molecule has 1 amide bonds. The minimum absolute atomic E-state index is 0.150. The monoisotopic (exact) mass is 338 g/mol. The third kappa shape index (κ3) is 5.28. The number of aryl methyl sites for hydroxylation is 1. The first kappa shape index (κ1) is 17.4. The number of anilines is 1. The van der Waals surface area contributed by atoms with Gasteiger partial charge in [-0.25, -0.2) is 0 Å². The van der Waals surface area contributed by atoms with E-state index in [2.05, 4.69) is 32.5 Å². The smallest absolute Gasteiger partial charge is 0.271 e. The average molecular weight is 338 g/mol. The fourth-order valence-corrected chi connectivity index (χ4v) is 3.14. The molecule has 1 aromatic carbocycles. The van der Waals surface area contributed by atoms with Gasteiger partial charge in [0.05, 0.1) is 0 Å². The van der Waals surface area contributed by atoms with Gasteiger partial charge in [0.25, 0.3) is 5.91 Å². The van der Waals surface area contributed by atoms with E-state index in [0.717, 1.165) is 31.7 Å². The predicted molar refractivity (Wildman–Crippen MR) is 99.8 cm³/mol. The Labute approximate surface area is 149 Å². The fourth-order valence-electron chi connectivity index (χ4n) is 3.14. The van der Waals surface area contributed by atoms with Crippen LogP contribution in [-0.2, 0) is 6.42 Å². The first-order chi connectivity index (χ1) is 12.3. The lowest BCUT2D eigenvalue weighted by Gasteiger charge is -2.20. The molecule has 0 aliphatic carbocycles. The zero-order chi connectivity index (χ0) is 17.3. The van der Waals surface area contributed by atoms with Crippen LogP contribution < -0.4 is 10.2 Å².